The highest BCUT2D eigenvalue weighted by Crippen LogP contribution is 2.36. The van der Waals surface area contributed by atoms with Gasteiger partial charge in [-0.2, -0.15) is 0 Å². The Bertz CT molecular complexity index is 528. The Kier molecular flexibility index (Phi) is 2.32. The van der Waals surface area contributed by atoms with Gasteiger partial charge in [0.25, 0.3) is 0 Å². The van der Waals surface area contributed by atoms with Crippen LogP contribution < -0.4 is 0 Å². The second-order valence-electron chi connectivity index (χ2n) is 4.58. The maximum atomic E-state index is 4.38. The predicted molar refractivity (Wildman–Crippen MR) is 68.1 cm³/mol. The summed E-state index contributed by atoms with van der Waals surface area (Å²) >= 11 is 0. The van der Waals surface area contributed by atoms with Gasteiger partial charge in [0.1, 0.15) is 6.33 Å². The lowest BCUT2D eigenvalue weighted by molar-refractivity contribution is 0.382. The van der Waals surface area contributed by atoms with Crippen LogP contribution in [0.4, 0.5) is 0 Å². The monoisotopic (exact) mass is 225 g/mol. The van der Waals surface area contributed by atoms with E-state index in [4.69, 9.17) is 0 Å². The van der Waals surface area contributed by atoms with E-state index in [1.54, 1.807) is 6.33 Å². The van der Waals surface area contributed by atoms with Crippen LogP contribution in [-0.2, 0) is 0 Å². The fourth-order valence-corrected chi connectivity index (χ4v) is 2.51. The zero-order chi connectivity index (χ0) is 11.8. The largest absolute Gasteiger partial charge is 0.373 e. The standard InChI is InChI=1S/C14H15N3/c1-10-7-13(16-9-15-10)12-8-17(2)14-6-4-3-5-11(12)14/h3-9,11,14H,1-2H3. The van der Waals surface area contributed by atoms with Gasteiger partial charge in [0, 0.05) is 30.4 Å². The molecular weight excluding hydrogens is 210 g/mol. The van der Waals surface area contributed by atoms with Crippen LogP contribution >= 0.6 is 0 Å². The van der Waals surface area contributed by atoms with Crippen molar-refractivity contribution in [2.45, 2.75) is 13.0 Å². The Hall–Kier alpha value is -1.90. The summed E-state index contributed by atoms with van der Waals surface area (Å²) in [5.74, 6) is 0.416. The normalized spacial score (nSPS) is 26.0. The van der Waals surface area contributed by atoms with E-state index in [2.05, 4.69) is 52.4 Å². The van der Waals surface area contributed by atoms with Crippen molar-refractivity contribution in [2.75, 3.05) is 7.05 Å². The van der Waals surface area contributed by atoms with Crippen molar-refractivity contribution in [3.63, 3.8) is 0 Å². The molecular formula is C14H15N3. The summed E-state index contributed by atoms with van der Waals surface area (Å²) in [5.41, 5.74) is 3.33. The third-order valence-electron chi connectivity index (χ3n) is 3.38. The summed E-state index contributed by atoms with van der Waals surface area (Å²) in [5, 5.41) is 0. The smallest absolute Gasteiger partial charge is 0.116 e. The molecule has 0 bridgehead atoms. The molecule has 3 rings (SSSR count). The molecule has 0 spiro atoms. The SMILES string of the molecule is Cc1cc(C2=CN(C)C3C=CC=CC23)ncn1. The van der Waals surface area contributed by atoms with E-state index in [0.29, 0.717) is 12.0 Å². The molecule has 0 aromatic carbocycles. The molecule has 1 aliphatic carbocycles. The van der Waals surface area contributed by atoms with Gasteiger partial charge in [0.15, 0.2) is 0 Å². The quantitative estimate of drug-likeness (QED) is 0.733. The van der Waals surface area contributed by atoms with Crippen LogP contribution in [0, 0.1) is 12.8 Å². The average molecular weight is 225 g/mol. The second kappa shape index (κ2) is 3.84. The Morgan fingerprint density at radius 2 is 2.00 bits per heavy atom. The molecule has 0 radical (unpaired) electrons. The van der Waals surface area contributed by atoms with Gasteiger partial charge in [-0.05, 0) is 13.0 Å². The van der Waals surface area contributed by atoms with Crippen LogP contribution in [0.3, 0.4) is 0 Å². The molecule has 0 saturated carbocycles. The van der Waals surface area contributed by atoms with Crippen molar-refractivity contribution in [1.29, 1.82) is 0 Å². The number of hydrogen-bond donors (Lipinski definition) is 0. The molecule has 0 saturated heterocycles. The fourth-order valence-electron chi connectivity index (χ4n) is 2.51. The van der Waals surface area contributed by atoms with Gasteiger partial charge in [0.2, 0.25) is 0 Å². The molecule has 86 valence electrons. The van der Waals surface area contributed by atoms with Gasteiger partial charge in [0.05, 0.1) is 11.7 Å². The molecule has 17 heavy (non-hydrogen) atoms. The lowest BCUT2D eigenvalue weighted by Gasteiger charge is -2.24. The summed E-state index contributed by atoms with van der Waals surface area (Å²) in [7, 11) is 2.11. The first-order valence-corrected chi connectivity index (χ1v) is 5.83. The molecule has 0 amide bonds. The third-order valence-corrected chi connectivity index (χ3v) is 3.38. The zero-order valence-corrected chi connectivity index (χ0v) is 10.0. The zero-order valence-electron chi connectivity index (χ0n) is 10.0. The number of likely N-dealkylation sites (N-methyl/N-ethyl adjacent to an activating group) is 1. The number of fused-ring (bicyclic) bond motifs is 1. The second-order valence-corrected chi connectivity index (χ2v) is 4.58. The van der Waals surface area contributed by atoms with Crippen LogP contribution in [0.2, 0.25) is 0 Å². The number of aromatic nitrogens is 2. The minimum absolute atomic E-state index is 0.416. The minimum Gasteiger partial charge on any atom is -0.373 e. The van der Waals surface area contributed by atoms with Gasteiger partial charge in [-0.25, -0.2) is 9.97 Å². The molecule has 2 heterocycles. The molecule has 0 fully saturated rings. The Morgan fingerprint density at radius 1 is 1.18 bits per heavy atom. The van der Waals surface area contributed by atoms with Crippen molar-refractivity contribution in [3.8, 4) is 0 Å². The maximum absolute atomic E-state index is 4.38. The molecule has 2 aliphatic rings. The lowest BCUT2D eigenvalue weighted by atomic mass is 9.89. The van der Waals surface area contributed by atoms with Gasteiger partial charge >= 0.3 is 0 Å². The van der Waals surface area contributed by atoms with E-state index in [0.717, 1.165) is 11.4 Å². The topological polar surface area (TPSA) is 29.0 Å². The average Bonchev–Trinajstić information content (AvgIpc) is 2.68. The fraction of sp³-hybridized carbons (Fsp3) is 0.286. The first kappa shape index (κ1) is 10.3. The van der Waals surface area contributed by atoms with E-state index < -0.39 is 0 Å². The highest BCUT2D eigenvalue weighted by atomic mass is 15.1. The molecule has 2 atom stereocenters. The summed E-state index contributed by atoms with van der Waals surface area (Å²) in [4.78, 5) is 10.8. The molecule has 3 nitrogen and oxygen atoms in total. The minimum atomic E-state index is 0.416. The van der Waals surface area contributed by atoms with Crippen LogP contribution in [0.15, 0.2) is 42.9 Å². The molecule has 1 aromatic heterocycles. The Morgan fingerprint density at radius 3 is 2.82 bits per heavy atom. The van der Waals surface area contributed by atoms with Gasteiger partial charge in [-0.1, -0.05) is 24.3 Å². The summed E-state index contributed by atoms with van der Waals surface area (Å²) in [6, 6.07) is 2.49. The number of hydrogen-bond acceptors (Lipinski definition) is 3. The number of rotatable bonds is 1. The van der Waals surface area contributed by atoms with Crippen molar-refractivity contribution >= 4 is 5.57 Å². The van der Waals surface area contributed by atoms with E-state index in [9.17, 15) is 0 Å². The van der Waals surface area contributed by atoms with Gasteiger partial charge in [-0.15, -0.1) is 0 Å². The van der Waals surface area contributed by atoms with Crippen molar-refractivity contribution in [2.24, 2.45) is 5.92 Å². The van der Waals surface area contributed by atoms with Gasteiger partial charge in [-0.3, -0.25) is 0 Å². The van der Waals surface area contributed by atoms with E-state index in [1.807, 2.05) is 13.0 Å². The summed E-state index contributed by atoms with van der Waals surface area (Å²) in [6.07, 6.45) is 12.5. The Balaban J connectivity index is 2.01. The maximum Gasteiger partial charge on any atom is 0.116 e. The van der Waals surface area contributed by atoms with Crippen LogP contribution in [0.25, 0.3) is 5.57 Å². The Labute approximate surface area is 101 Å². The highest BCUT2D eigenvalue weighted by molar-refractivity contribution is 5.70. The lowest BCUT2D eigenvalue weighted by Crippen LogP contribution is -2.27. The van der Waals surface area contributed by atoms with Gasteiger partial charge < -0.3 is 4.90 Å². The van der Waals surface area contributed by atoms with Crippen LogP contribution in [0.5, 0.6) is 0 Å². The van der Waals surface area contributed by atoms with Crippen molar-refractivity contribution in [1.82, 2.24) is 14.9 Å². The predicted octanol–water partition coefficient (Wildman–Crippen LogP) is 2.18. The molecule has 1 aliphatic heterocycles. The molecule has 0 N–H and O–H groups in total. The van der Waals surface area contributed by atoms with E-state index in [-0.39, 0.29) is 0 Å². The molecule has 3 heteroatoms. The van der Waals surface area contributed by atoms with E-state index >= 15 is 0 Å². The van der Waals surface area contributed by atoms with Crippen LogP contribution in [-0.4, -0.2) is 28.0 Å². The molecule has 2 unspecified atom stereocenters. The van der Waals surface area contributed by atoms with Crippen LogP contribution in [0.1, 0.15) is 11.4 Å². The first-order valence-electron chi connectivity index (χ1n) is 5.83. The first-order chi connectivity index (χ1) is 8.25. The number of aryl methyl sites for hydroxylation is 1. The number of allylic oxidation sites excluding steroid dienone is 2. The van der Waals surface area contributed by atoms with Crippen molar-refractivity contribution < 1.29 is 0 Å². The van der Waals surface area contributed by atoms with Crippen molar-refractivity contribution in [3.05, 3.63) is 54.3 Å². The van der Waals surface area contributed by atoms with E-state index in [1.165, 1.54) is 5.57 Å². The molecule has 1 aromatic rings. The third kappa shape index (κ3) is 1.68. The summed E-state index contributed by atoms with van der Waals surface area (Å²) in [6.45, 7) is 2.00. The summed E-state index contributed by atoms with van der Waals surface area (Å²) < 4.78 is 0. The highest BCUT2D eigenvalue weighted by Gasteiger charge is 2.32. The number of nitrogens with zero attached hydrogens (tertiary/aromatic N) is 3.